The maximum absolute atomic E-state index is 12.6. The number of allylic oxidation sites excluding steroid dienone is 5. The molecule has 3 rings (SSSR count). The predicted molar refractivity (Wildman–Crippen MR) is 145 cm³/mol. The van der Waals surface area contributed by atoms with Crippen LogP contribution in [-0.4, -0.2) is 25.7 Å². The van der Waals surface area contributed by atoms with Gasteiger partial charge >= 0.3 is 5.97 Å². The number of rotatable bonds is 10. The summed E-state index contributed by atoms with van der Waals surface area (Å²) in [6.07, 6.45) is 16.7. The molecular weight excluding hydrogens is 432 g/mol. The van der Waals surface area contributed by atoms with Gasteiger partial charge in [0.25, 0.3) is 0 Å². The fourth-order valence-corrected chi connectivity index (χ4v) is 4.89. The molecule has 1 aromatic rings. The number of hydrogen-bond donors (Lipinski definition) is 0. The van der Waals surface area contributed by atoms with Gasteiger partial charge in [-0.25, -0.2) is 4.79 Å². The predicted octanol–water partition coefficient (Wildman–Crippen LogP) is 7.25. The number of aryl methyl sites for hydroxylation is 2. The molecule has 2 aliphatic heterocycles. The second-order valence-corrected chi connectivity index (χ2v) is 10.1. The first kappa shape index (κ1) is 26.5. The summed E-state index contributed by atoms with van der Waals surface area (Å²) in [7, 11) is 0. The first-order valence-electron chi connectivity index (χ1n) is 13.0. The Morgan fingerprint density at radius 1 is 0.971 bits per heavy atom. The normalized spacial score (nSPS) is 15.9. The Labute approximate surface area is 211 Å². The first-order valence-corrected chi connectivity index (χ1v) is 13.0. The highest BCUT2D eigenvalue weighted by molar-refractivity contribution is 5.98. The van der Waals surface area contributed by atoms with Gasteiger partial charge in [-0.15, -0.1) is 0 Å². The van der Waals surface area contributed by atoms with Crippen molar-refractivity contribution in [1.82, 2.24) is 0 Å². The van der Waals surface area contributed by atoms with E-state index in [1.807, 2.05) is 12.1 Å². The minimum Gasteiger partial charge on any atom is -0.457 e. The molecule has 2 heterocycles. The Balaban J connectivity index is 1.53. The summed E-state index contributed by atoms with van der Waals surface area (Å²) in [4.78, 5) is 15.0. The van der Waals surface area contributed by atoms with Gasteiger partial charge in [-0.05, 0) is 120 Å². The lowest BCUT2D eigenvalue weighted by Gasteiger charge is -2.37. The number of ether oxygens (including phenoxy) is 1. The summed E-state index contributed by atoms with van der Waals surface area (Å²) in [6, 6.07) is 6.32. The zero-order valence-electron chi connectivity index (χ0n) is 22.0. The van der Waals surface area contributed by atoms with Crippen LogP contribution in [0.1, 0.15) is 82.9 Å². The Hall–Kier alpha value is -3.06. The average molecular weight is 473 g/mol. The van der Waals surface area contributed by atoms with E-state index < -0.39 is 5.97 Å². The van der Waals surface area contributed by atoms with Crippen molar-refractivity contribution < 1.29 is 9.53 Å². The summed E-state index contributed by atoms with van der Waals surface area (Å²) >= 11 is 0. The molecule has 0 saturated carbocycles. The summed E-state index contributed by atoms with van der Waals surface area (Å²) in [6.45, 7) is 11.0. The molecule has 0 saturated heterocycles. The van der Waals surface area contributed by atoms with E-state index >= 15 is 0 Å². The van der Waals surface area contributed by atoms with Crippen LogP contribution in [0.15, 0.2) is 52.7 Å². The average Bonchev–Trinajstić information content (AvgIpc) is 2.82. The van der Waals surface area contributed by atoms with Crippen molar-refractivity contribution in [3.63, 3.8) is 0 Å². The molecule has 0 radical (unpaired) electrons. The summed E-state index contributed by atoms with van der Waals surface area (Å²) in [5.74, 6) is -0.556. The molecule has 4 heteroatoms. The van der Waals surface area contributed by atoms with Gasteiger partial charge in [-0.3, -0.25) is 0 Å². The van der Waals surface area contributed by atoms with Crippen LogP contribution in [0.2, 0.25) is 0 Å². The number of anilines is 1. The van der Waals surface area contributed by atoms with Crippen LogP contribution in [0.4, 0.5) is 5.69 Å². The van der Waals surface area contributed by atoms with Gasteiger partial charge in [0.15, 0.2) is 0 Å². The van der Waals surface area contributed by atoms with E-state index in [9.17, 15) is 10.1 Å². The molecule has 2 aliphatic rings. The van der Waals surface area contributed by atoms with E-state index in [2.05, 4.69) is 56.9 Å². The first-order chi connectivity index (χ1) is 16.9. The second kappa shape index (κ2) is 13.1. The molecular formula is C31H40N2O2. The van der Waals surface area contributed by atoms with Gasteiger partial charge in [-0.1, -0.05) is 28.9 Å². The fraction of sp³-hybridized carbons (Fsp3) is 0.484. The summed E-state index contributed by atoms with van der Waals surface area (Å²) in [5.41, 5.74) is 9.01. The zero-order chi connectivity index (χ0) is 25.2. The van der Waals surface area contributed by atoms with Crippen LogP contribution in [-0.2, 0) is 22.4 Å². The number of esters is 1. The molecule has 0 amide bonds. The number of carbonyl (C=O) groups excluding carboxylic acids is 1. The highest BCUT2D eigenvalue weighted by Crippen LogP contribution is 2.36. The second-order valence-electron chi connectivity index (χ2n) is 10.1. The van der Waals surface area contributed by atoms with Gasteiger partial charge in [0.2, 0.25) is 0 Å². The van der Waals surface area contributed by atoms with Gasteiger partial charge < -0.3 is 9.64 Å². The Kier molecular flexibility index (Phi) is 9.97. The van der Waals surface area contributed by atoms with Crippen LogP contribution in [0.25, 0.3) is 6.08 Å². The minimum atomic E-state index is -0.556. The monoisotopic (exact) mass is 472 g/mol. The molecule has 0 aliphatic carbocycles. The lowest BCUT2D eigenvalue weighted by molar-refractivity contribution is -0.137. The molecule has 0 atom stereocenters. The number of carbonyl (C=O) groups is 1. The van der Waals surface area contributed by atoms with Crippen molar-refractivity contribution in [2.45, 2.75) is 79.1 Å². The minimum absolute atomic E-state index is 0.0570. The van der Waals surface area contributed by atoms with Crippen molar-refractivity contribution in [2.24, 2.45) is 0 Å². The highest BCUT2D eigenvalue weighted by Gasteiger charge is 2.24. The SMILES string of the molecule is CC(C)=CCC/C(C)=C/CC/C(C)=C/COC(=O)C(C#N)=Cc1cc2c3c(c1)CCCN3CCC2. The smallest absolute Gasteiger partial charge is 0.349 e. The van der Waals surface area contributed by atoms with Crippen molar-refractivity contribution in [1.29, 1.82) is 5.26 Å². The van der Waals surface area contributed by atoms with E-state index in [4.69, 9.17) is 4.74 Å². The molecule has 0 unspecified atom stereocenters. The van der Waals surface area contributed by atoms with Crippen LogP contribution in [0, 0.1) is 11.3 Å². The van der Waals surface area contributed by atoms with E-state index in [1.165, 1.54) is 33.5 Å². The van der Waals surface area contributed by atoms with E-state index in [-0.39, 0.29) is 12.2 Å². The topological polar surface area (TPSA) is 53.3 Å². The van der Waals surface area contributed by atoms with E-state index in [1.54, 1.807) is 6.08 Å². The number of hydrogen-bond acceptors (Lipinski definition) is 4. The van der Waals surface area contributed by atoms with Crippen molar-refractivity contribution in [2.75, 3.05) is 24.6 Å². The van der Waals surface area contributed by atoms with Crippen molar-refractivity contribution in [3.8, 4) is 6.07 Å². The van der Waals surface area contributed by atoms with E-state index in [0.717, 1.165) is 70.0 Å². The van der Waals surface area contributed by atoms with Crippen LogP contribution < -0.4 is 4.90 Å². The molecule has 4 nitrogen and oxygen atoms in total. The fourth-order valence-electron chi connectivity index (χ4n) is 4.89. The molecule has 1 aromatic carbocycles. The van der Waals surface area contributed by atoms with E-state index in [0.29, 0.717) is 0 Å². The Bertz CT molecular complexity index is 1050. The third-order valence-corrected chi connectivity index (χ3v) is 6.77. The molecule has 0 N–H and O–H groups in total. The standard InChI is InChI=1S/C31H40N2O2/c1-23(2)9-5-10-24(3)11-6-12-25(4)15-18-35-31(34)29(22-32)21-26-19-27-13-7-16-33-17-8-14-28(20-26)30(27)33/h9,11,15,19-21H,5-8,10,12-14,16-18H2,1-4H3/b24-11+,25-15+,29-21?. The van der Waals surface area contributed by atoms with Crippen molar-refractivity contribution in [3.05, 3.63) is 69.3 Å². The van der Waals surface area contributed by atoms with Gasteiger partial charge in [0.05, 0.1) is 0 Å². The molecule has 0 spiro atoms. The van der Waals surface area contributed by atoms with Crippen LogP contribution >= 0.6 is 0 Å². The lowest BCUT2D eigenvalue weighted by atomic mass is 9.90. The van der Waals surface area contributed by atoms with Gasteiger partial charge in [0.1, 0.15) is 18.2 Å². The summed E-state index contributed by atoms with van der Waals surface area (Å²) in [5, 5.41) is 9.59. The molecule has 35 heavy (non-hydrogen) atoms. The maximum atomic E-state index is 12.6. The van der Waals surface area contributed by atoms with Crippen LogP contribution in [0.3, 0.4) is 0 Å². The zero-order valence-corrected chi connectivity index (χ0v) is 22.0. The Morgan fingerprint density at radius 3 is 2.17 bits per heavy atom. The summed E-state index contributed by atoms with van der Waals surface area (Å²) < 4.78 is 5.40. The lowest BCUT2D eigenvalue weighted by Crippen LogP contribution is -2.34. The van der Waals surface area contributed by atoms with Gasteiger partial charge in [-0.2, -0.15) is 5.26 Å². The van der Waals surface area contributed by atoms with Gasteiger partial charge in [0, 0.05) is 18.8 Å². The largest absolute Gasteiger partial charge is 0.457 e. The van der Waals surface area contributed by atoms with Crippen LogP contribution in [0.5, 0.6) is 0 Å². The molecule has 0 bridgehead atoms. The third-order valence-electron chi connectivity index (χ3n) is 6.77. The quantitative estimate of drug-likeness (QED) is 0.156. The number of benzene rings is 1. The maximum Gasteiger partial charge on any atom is 0.349 e. The highest BCUT2D eigenvalue weighted by atomic mass is 16.5. The molecule has 0 aromatic heterocycles. The number of nitriles is 1. The van der Waals surface area contributed by atoms with Crippen molar-refractivity contribution >= 4 is 17.7 Å². The third kappa shape index (κ3) is 7.99. The number of nitrogens with zero attached hydrogens (tertiary/aromatic N) is 2. The molecule has 0 fully saturated rings. The molecule has 186 valence electrons. The Morgan fingerprint density at radius 2 is 1.57 bits per heavy atom.